The molecule has 0 saturated carbocycles. The zero-order valence-corrected chi connectivity index (χ0v) is 19.0. The van der Waals surface area contributed by atoms with E-state index in [1.807, 2.05) is 41.1 Å². The number of aromatic nitrogens is 5. The Morgan fingerprint density at radius 2 is 1.79 bits per heavy atom. The van der Waals surface area contributed by atoms with Crippen LogP contribution in [0.5, 0.6) is 0 Å². The molecule has 1 aromatic carbocycles. The maximum absolute atomic E-state index is 5.41. The number of nitrogens with zero attached hydrogens (tertiary/aromatic N) is 6. The fourth-order valence-corrected chi connectivity index (χ4v) is 3.75. The Balaban J connectivity index is 0.00000259. The van der Waals surface area contributed by atoms with Crippen LogP contribution in [-0.4, -0.2) is 68.6 Å². The summed E-state index contributed by atoms with van der Waals surface area (Å²) in [4.78, 5) is 20.5. The molecule has 4 aromatic rings. The van der Waals surface area contributed by atoms with Crippen LogP contribution >= 0.6 is 12.4 Å². The van der Waals surface area contributed by atoms with Crippen LogP contribution in [0.4, 0.5) is 11.8 Å². The molecule has 5 rings (SSSR count). The molecule has 4 heterocycles. The Kier molecular flexibility index (Phi) is 7.66. The van der Waals surface area contributed by atoms with Crippen molar-refractivity contribution in [3.8, 4) is 11.4 Å². The number of ether oxygens (including phenoxy) is 1. The summed E-state index contributed by atoms with van der Waals surface area (Å²) in [5.41, 5.74) is 3.65. The number of rotatable bonds is 8. The molecule has 0 amide bonds. The van der Waals surface area contributed by atoms with Crippen LogP contribution in [0.2, 0.25) is 0 Å². The fraction of sp³-hybridized carbons (Fsp3) is 0.304. The van der Waals surface area contributed by atoms with E-state index < -0.39 is 0 Å². The van der Waals surface area contributed by atoms with Crippen LogP contribution in [0.1, 0.15) is 5.56 Å². The summed E-state index contributed by atoms with van der Waals surface area (Å²) in [6, 6.07) is 12.1. The normalized spacial score (nSPS) is 14.1. The molecule has 172 valence electrons. The number of benzene rings is 1. The van der Waals surface area contributed by atoms with Crippen molar-refractivity contribution in [1.82, 2.24) is 29.2 Å². The minimum Gasteiger partial charge on any atom is -0.379 e. The topological polar surface area (TPSA) is 92.5 Å². The second-order valence-corrected chi connectivity index (χ2v) is 7.60. The van der Waals surface area contributed by atoms with Crippen molar-refractivity contribution < 1.29 is 4.74 Å². The van der Waals surface area contributed by atoms with Gasteiger partial charge in [0.2, 0.25) is 5.95 Å². The van der Waals surface area contributed by atoms with E-state index in [1.54, 1.807) is 12.4 Å². The highest BCUT2D eigenvalue weighted by molar-refractivity contribution is 5.85. The number of anilines is 2. The number of fused-ring (bicyclic) bond motifs is 1. The highest BCUT2D eigenvalue weighted by atomic mass is 35.5. The number of morpholine rings is 1. The van der Waals surface area contributed by atoms with Gasteiger partial charge in [0.05, 0.1) is 30.8 Å². The molecule has 1 saturated heterocycles. The van der Waals surface area contributed by atoms with E-state index in [4.69, 9.17) is 9.72 Å². The van der Waals surface area contributed by atoms with Crippen molar-refractivity contribution >= 4 is 29.8 Å². The Labute approximate surface area is 198 Å². The molecule has 0 unspecified atom stereocenters. The van der Waals surface area contributed by atoms with Gasteiger partial charge in [-0.3, -0.25) is 9.30 Å². The maximum atomic E-state index is 5.41. The summed E-state index contributed by atoms with van der Waals surface area (Å²) in [6.07, 6.45) is 7.28. The van der Waals surface area contributed by atoms with E-state index >= 15 is 0 Å². The van der Waals surface area contributed by atoms with E-state index in [0.717, 1.165) is 62.2 Å². The summed E-state index contributed by atoms with van der Waals surface area (Å²) >= 11 is 0. The van der Waals surface area contributed by atoms with Crippen LogP contribution in [0, 0.1) is 0 Å². The van der Waals surface area contributed by atoms with Gasteiger partial charge in [-0.25, -0.2) is 19.9 Å². The lowest BCUT2D eigenvalue weighted by Gasteiger charge is -2.26. The SMILES string of the molecule is Cl.c1ccc(CNc2nccc(-c3cnc4c(NCCN5CCOCC5)nccn34)n2)cc1. The highest BCUT2D eigenvalue weighted by Crippen LogP contribution is 2.22. The summed E-state index contributed by atoms with van der Waals surface area (Å²) < 4.78 is 7.42. The first-order chi connectivity index (χ1) is 15.9. The lowest BCUT2D eigenvalue weighted by Crippen LogP contribution is -2.39. The molecule has 9 nitrogen and oxygen atoms in total. The molecule has 1 fully saturated rings. The number of hydrogen-bond acceptors (Lipinski definition) is 8. The Bertz CT molecular complexity index is 1160. The molecule has 33 heavy (non-hydrogen) atoms. The third kappa shape index (κ3) is 5.57. The average Bonchev–Trinajstić information content (AvgIpc) is 3.29. The van der Waals surface area contributed by atoms with Crippen molar-refractivity contribution in [3.05, 3.63) is 66.7 Å². The van der Waals surface area contributed by atoms with Crippen LogP contribution in [0.3, 0.4) is 0 Å². The molecular weight excluding hydrogens is 440 g/mol. The molecule has 2 N–H and O–H groups in total. The molecular formula is C23H27ClN8O. The Morgan fingerprint density at radius 3 is 2.64 bits per heavy atom. The lowest BCUT2D eigenvalue weighted by molar-refractivity contribution is 0.0398. The van der Waals surface area contributed by atoms with Crippen molar-refractivity contribution in [2.24, 2.45) is 0 Å². The summed E-state index contributed by atoms with van der Waals surface area (Å²) in [5.74, 6) is 1.35. The average molecular weight is 467 g/mol. The van der Waals surface area contributed by atoms with E-state index in [0.29, 0.717) is 12.5 Å². The third-order valence-electron chi connectivity index (χ3n) is 5.46. The lowest BCUT2D eigenvalue weighted by atomic mass is 10.2. The summed E-state index contributed by atoms with van der Waals surface area (Å²) in [6.45, 7) is 5.97. The molecule has 0 radical (unpaired) electrons. The largest absolute Gasteiger partial charge is 0.379 e. The van der Waals surface area contributed by atoms with Gasteiger partial charge in [-0.1, -0.05) is 30.3 Å². The van der Waals surface area contributed by atoms with Crippen LogP contribution in [0.25, 0.3) is 17.0 Å². The second kappa shape index (κ2) is 11.0. The predicted molar refractivity (Wildman–Crippen MR) is 131 cm³/mol. The van der Waals surface area contributed by atoms with Gasteiger partial charge in [-0.2, -0.15) is 0 Å². The van der Waals surface area contributed by atoms with Gasteiger partial charge in [0.1, 0.15) is 0 Å². The number of hydrogen-bond donors (Lipinski definition) is 2. The van der Waals surface area contributed by atoms with E-state index in [9.17, 15) is 0 Å². The van der Waals surface area contributed by atoms with E-state index in [-0.39, 0.29) is 12.4 Å². The number of nitrogens with one attached hydrogen (secondary N) is 2. The van der Waals surface area contributed by atoms with Crippen LogP contribution in [0.15, 0.2) is 61.2 Å². The first-order valence-corrected chi connectivity index (χ1v) is 10.8. The zero-order valence-electron chi connectivity index (χ0n) is 18.2. The van der Waals surface area contributed by atoms with Crippen molar-refractivity contribution in [1.29, 1.82) is 0 Å². The molecule has 1 aliphatic rings. The van der Waals surface area contributed by atoms with Crippen LogP contribution < -0.4 is 10.6 Å². The fourth-order valence-electron chi connectivity index (χ4n) is 3.75. The molecule has 0 aliphatic carbocycles. The van der Waals surface area contributed by atoms with Gasteiger partial charge in [0.15, 0.2) is 11.5 Å². The zero-order chi connectivity index (χ0) is 21.6. The highest BCUT2D eigenvalue weighted by Gasteiger charge is 2.13. The van der Waals surface area contributed by atoms with Gasteiger partial charge in [0.25, 0.3) is 0 Å². The molecule has 0 spiro atoms. The van der Waals surface area contributed by atoms with Gasteiger partial charge in [0, 0.05) is 51.3 Å². The van der Waals surface area contributed by atoms with Crippen LogP contribution in [-0.2, 0) is 11.3 Å². The third-order valence-corrected chi connectivity index (χ3v) is 5.46. The number of imidazole rings is 1. The first-order valence-electron chi connectivity index (χ1n) is 10.8. The van der Waals surface area contributed by atoms with E-state index in [1.165, 1.54) is 5.56 Å². The number of halogens is 1. The molecule has 10 heteroatoms. The maximum Gasteiger partial charge on any atom is 0.223 e. The second-order valence-electron chi connectivity index (χ2n) is 7.60. The monoisotopic (exact) mass is 466 g/mol. The Hall–Kier alpha value is -3.27. The summed E-state index contributed by atoms with van der Waals surface area (Å²) in [7, 11) is 0. The standard InChI is InChI=1S/C23H26N8O.ClH/c1-2-4-18(5-3-1)16-28-23-26-7-6-19(29-23)20-17-27-22-21(25-9-11-31(20)22)24-8-10-30-12-14-32-15-13-30;/h1-7,9,11,17H,8,10,12-16H2,(H,24,25)(H,26,28,29);1H. The van der Waals surface area contributed by atoms with Gasteiger partial charge < -0.3 is 15.4 Å². The molecule has 3 aromatic heterocycles. The van der Waals surface area contributed by atoms with Gasteiger partial charge in [-0.05, 0) is 11.6 Å². The minimum absolute atomic E-state index is 0. The minimum atomic E-state index is 0. The van der Waals surface area contributed by atoms with Gasteiger partial charge in [-0.15, -0.1) is 12.4 Å². The van der Waals surface area contributed by atoms with Crippen molar-refractivity contribution in [2.45, 2.75) is 6.54 Å². The Morgan fingerprint density at radius 1 is 0.939 bits per heavy atom. The smallest absolute Gasteiger partial charge is 0.223 e. The van der Waals surface area contributed by atoms with Crippen molar-refractivity contribution in [2.75, 3.05) is 50.0 Å². The van der Waals surface area contributed by atoms with Gasteiger partial charge >= 0.3 is 0 Å². The molecule has 1 aliphatic heterocycles. The van der Waals surface area contributed by atoms with Crippen molar-refractivity contribution in [3.63, 3.8) is 0 Å². The molecule has 0 atom stereocenters. The van der Waals surface area contributed by atoms with E-state index in [2.05, 4.69) is 42.6 Å². The molecule has 0 bridgehead atoms. The first kappa shape index (κ1) is 22.9. The predicted octanol–water partition coefficient (Wildman–Crippen LogP) is 2.96. The quantitative estimate of drug-likeness (QED) is 0.409. The summed E-state index contributed by atoms with van der Waals surface area (Å²) in [5, 5.41) is 6.72.